The molecular weight excluding hydrogens is 557 g/mol. The molecule has 7 nitrogen and oxygen atoms in total. The number of hydrogen-bond acceptors (Lipinski definition) is 4. The molecule has 0 bridgehead atoms. The van der Waals surface area contributed by atoms with Crippen molar-refractivity contribution in [3.8, 4) is 0 Å². The number of anilines is 1. The van der Waals surface area contributed by atoms with Crippen molar-refractivity contribution in [2.45, 2.75) is 52.6 Å². The minimum absolute atomic E-state index is 0.0405. The van der Waals surface area contributed by atoms with E-state index in [9.17, 15) is 18.0 Å². The van der Waals surface area contributed by atoms with Crippen molar-refractivity contribution in [2.75, 3.05) is 23.7 Å². The van der Waals surface area contributed by atoms with E-state index in [1.807, 2.05) is 20.8 Å². The van der Waals surface area contributed by atoms with Crippen LogP contribution in [0.4, 0.5) is 5.69 Å². The average Bonchev–Trinajstić information content (AvgIpc) is 2.81. The van der Waals surface area contributed by atoms with Crippen LogP contribution in [0.15, 0.2) is 42.5 Å². The highest BCUT2D eigenvalue weighted by atomic mass is 35.5. The van der Waals surface area contributed by atoms with Gasteiger partial charge in [0.15, 0.2) is 0 Å². The molecule has 0 fully saturated rings. The molecule has 0 aliphatic rings. The van der Waals surface area contributed by atoms with Gasteiger partial charge < -0.3 is 10.2 Å². The summed E-state index contributed by atoms with van der Waals surface area (Å²) < 4.78 is 26.1. The molecule has 0 saturated carbocycles. The number of nitrogens with zero attached hydrogens (tertiary/aromatic N) is 2. The summed E-state index contributed by atoms with van der Waals surface area (Å²) in [5.41, 5.74) is 1.12. The van der Waals surface area contributed by atoms with Crippen LogP contribution in [-0.4, -0.2) is 50.5 Å². The van der Waals surface area contributed by atoms with Crippen LogP contribution in [0.3, 0.4) is 0 Å². The quantitative estimate of drug-likeness (QED) is 0.321. The molecule has 11 heteroatoms. The summed E-state index contributed by atoms with van der Waals surface area (Å²) in [5.74, 6) is -0.262. The molecule has 0 saturated heterocycles. The minimum Gasteiger partial charge on any atom is -0.354 e. The van der Waals surface area contributed by atoms with Crippen LogP contribution in [0, 0.1) is 5.92 Å². The molecule has 0 spiro atoms. The first-order valence-corrected chi connectivity index (χ1v) is 15.1. The summed E-state index contributed by atoms with van der Waals surface area (Å²) in [6, 6.07) is 10.8. The normalized spacial score (nSPS) is 12.3. The molecule has 2 aromatic carbocycles. The fourth-order valence-corrected chi connectivity index (χ4v) is 5.35. The van der Waals surface area contributed by atoms with Crippen LogP contribution in [0.2, 0.25) is 15.1 Å². The summed E-state index contributed by atoms with van der Waals surface area (Å²) in [6.07, 6.45) is 1.81. The maximum atomic E-state index is 13.5. The van der Waals surface area contributed by atoms with Crippen LogP contribution in [-0.2, 0) is 26.2 Å². The van der Waals surface area contributed by atoms with Crippen molar-refractivity contribution in [3.05, 3.63) is 63.1 Å². The lowest BCUT2D eigenvalue weighted by Gasteiger charge is -2.31. The third-order valence-corrected chi connectivity index (χ3v) is 7.73. The first-order chi connectivity index (χ1) is 17.3. The van der Waals surface area contributed by atoms with Crippen LogP contribution in [0.25, 0.3) is 0 Å². The van der Waals surface area contributed by atoms with E-state index in [0.29, 0.717) is 39.3 Å². The van der Waals surface area contributed by atoms with E-state index in [2.05, 4.69) is 5.32 Å². The number of sulfonamides is 1. The van der Waals surface area contributed by atoms with Crippen molar-refractivity contribution < 1.29 is 18.0 Å². The number of nitrogens with one attached hydrogen (secondary N) is 1. The third-order valence-electron chi connectivity index (χ3n) is 5.69. The first-order valence-electron chi connectivity index (χ1n) is 12.1. The van der Waals surface area contributed by atoms with Gasteiger partial charge in [-0.05, 0) is 60.7 Å². The highest BCUT2D eigenvalue weighted by molar-refractivity contribution is 7.92. The molecule has 0 radical (unpaired) electrons. The number of hydrogen-bond donors (Lipinski definition) is 1. The fraction of sp³-hybridized carbons (Fsp3) is 0.462. The number of carbonyl (C=O) groups excluding carboxylic acids is 2. The van der Waals surface area contributed by atoms with Gasteiger partial charge in [0.1, 0.15) is 6.04 Å². The number of amides is 2. The standard InChI is InChI=1S/C26H34Cl3N3O4S/c1-5-24(26(34)30-16-18(2)3)31(17-19-8-9-21(28)15-23(19)29)25(33)7-6-14-32(37(4,35)36)22-12-10-20(27)11-13-22/h8-13,15,18,24H,5-7,14,16-17H2,1-4H3,(H,30,34)/t24-/m1/s1. The van der Waals surface area contributed by atoms with Crippen LogP contribution in [0.5, 0.6) is 0 Å². The first kappa shape index (κ1) is 31.2. The monoisotopic (exact) mass is 589 g/mol. The van der Waals surface area contributed by atoms with Gasteiger partial charge in [0.25, 0.3) is 0 Å². The highest BCUT2D eigenvalue weighted by Gasteiger charge is 2.29. The molecular formula is C26H34Cl3N3O4S. The summed E-state index contributed by atoms with van der Waals surface area (Å²) >= 11 is 18.3. The van der Waals surface area contributed by atoms with Crippen molar-refractivity contribution in [1.29, 1.82) is 0 Å². The van der Waals surface area contributed by atoms with Gasteiger partial charge in [-0.25, -0.2) is 8.42 Å². The smallest absolute Gasteiger partial charge is 0.242 e. The number of halogens is 3. The lowest BCUT2D eigenvalue weighted by atomic mass is 10.1. The van der Waals surface area contributed by atoms with Crippen LogP contribution >= 0.6 is 34.8 Å². The Labute approximate surface area is 235 Å². The summed E-state index contributed by atoms with van der Waals surface area (Å²) in [5, 5.41) is 4.27. The summed E-state index contributed by atoms with van der Waals surface area (Å²) in [6.45, 7) is 6.53. The average molecular weight is 591 g/mol. The summed E-state index contributed by atoms with van der Waals surface area (Å²) in [7, 11) is -3.59. The Hall–Kier alpha value is -2.00. The van der Waals surface area contributed by atoms with Gasteiger partial charge in [0.2, 0.25) is 21.8 Å². The maximum Gasteiger partial charge on any atom is 0.242 e. The van der Waals surface area contributed by atoms with Gasteiger partial charge in [0, 0.05) is 41.1 Å². The van der Waals surface area contributed by atoms with Crippen LogP contribution < -0.4 is 9.62 Å². The zero-order valence-electron chi connectivity index (χ0n) is 21.5. The molecule has 204 valence electrons. The number of carbonyl (C=O) groups is 2. The highest BCUT2D eigenvalue weighted by Crippen LogP contribution is 2.25. The molecule has 0 aliphatic carbocycles. The van der Waals surface area contributed by atoms with E-state index < -0.39 is 16.1 Å². The Morgan fingerprint density at radius 2 is 1.62 bits per heavy atom. The second-order valence-corrected chi connectivity index (χ2v) is 12.4. The van der Waals surface area contributed by atoms with Gasteiger partial charge in [-0.2, -0.15) is 0 Å². The molecule has 2 amide bonds. The molecule has 0 heterocycles. The van der Waals surface area contributed by atoms with Gasteiger partial charge in [-0.3, -0.25) is 13.9 Å². The second kappa shape index (κ2) is 14.2. The van der Waals surface area contributed by atoms with Gasteiger partial charge in [0.05, 0.1) is 11.9 Å². The molecule has 0 aliphatic heterocycles. The van der Waals surface area contributed by atoms with Crippen molar-refractivity contribution in [3.63, 3.8) is 0 Å². The van der Waals surface area contributed by atoms with E-state index in [1.54, 1.807) is 42.5 Å². The van der Waals surface area contributed by atoms with Crippen LogP contribution in [0.1, 0.15) is 45.6 Å². The van der Waals surface area contributed by atoms with Gasteiger partial charge >= 0.3 is 0 Å². The topological polar surface area (TPSA) is 86.8 Å². The largest absolute Gasteiger partial charge is 0.354 e. The van der Waals surface area contributed by atoms with Crippen molar-refractivity contribution in [1.82, 2.24) is 10.2 Å². The van der Waals surface area contributed by atoms with E-state index in [4.69, 9.17) is 34.8 Å². The van der Waals surface area contributed by atoms with E-state index >= 15 is 0 Å². The molecule has 1 atom stereocenters. The molecule has 1 N–H and O–H groups in total. The fourth-order valence-electron chi connectivity index (χ4n) is 3.79. The predicted molar refractivity (Wildman–Crippen MR) is 152 cm³/mol. The van der Waals surface area contributed by atoms with Crippen molar-refractivity contribution in [2.24, 2.45) is 5.92 Å². The lowest BCUT2D eigenvalue weighted by Crippen LogP contribution is -2.49. The van der Waals surface area contributed by atoms with E-state index in [1.165, 1.54) is 9.21 Å². The zero-order valence-corrected chi connectivity index (χ0v) is 24.6. The molecule has 0 unspecified atom stereocenters. The van der Waals surface area contributed by atoms with E-state index in [0.717, 1.165) is 6.26 Å². The Kier molecular flexibility index (Phi) is 12.0. The Bertz CT molecular complexity index is 1170. The van der Waals surface area contributed by atoms with Gasteiger partial charge in [-0.15, -0.1) is 0 Å². The molecule has 2 aromatic rings. The van der Waals surface area contributed by atoms with Crippen molar-refractivity contribution >= 4 is 62.3 Å². The minimum atomic E-state index is -3.59. The molecule has 37 heavy (non-hydrogen) atoms. The Morgan fingerprint density at radius 1 is 1.00 bits per heavy atom. The number of rotatable bonds is 13. The lowest BCUT2D eigenvalue weighted by molar-refractivity contribution is -0.141. The summed E-state index contributed by atoms with van der Waals surface area (Å²) in [4.78, 5) is 28.0. The maximum absolute atomic E-state index is 13.5. The zero-order chi connectivity index (χ0) is 27.8. The number of benzene rings is 2. The SMILES string of the molecule is CC[C@H](C(=O)NCC(C)C)N(Cc1ccc(Cl)cc1Cl)C(=O)CCCN(c1ccc(Cl)cc1)S(C)(=O)=O. The van der Waals surface area contributed by atoms with Gasteiger partial charge in [-0.1, -0.05) is 61.6 Å². The Morgan fingerprint density at radius 3 is 2.16 bits per heavy atom. The molecule has 2 rings (SSSR count). The Balaban J connectivity index is 2.24. The predicted octanol–water partition coefficient (Wildman–Crippen LogP) is 5.77. The second-order valence-electron chi connectivity index (χ2n) is 9.24. The third kappa shape index (κ3) is 9.67. The van der Waals surface area contributed by atoms with E-state index in [-0.39, 0.29) is 43.7 Å². The molecule has 0 aromatic heterocycles.